The normalized spacial score (nSPS) is 10.5. The molecule has 2 heteroatoms. The van der Waals surface area contributed by atoms with Crippen LogP contribution in [0.1, 0.15) is 26.2 Å². The number of unbranched alkanes of at least 4 members (excludes halogenated alkanes) is 2. The first-order chi connectivity index (χ1) is 6.43. The lowest BCUT2D eigenvalue weighted by Gasteiger charge is -1.97. The second kappa shape index (κ2) is 6.23. The van der Waals surface area contributed by atoms with Crippen molar-refractivity contribution in [1.29, 1.82) is 0 Å². The maximum absolute atomic E-state index is 4.10. The van der Waals surface area contributed by atoms with Crippen molar-refractivity contribution >= 4 is 11.9 Å². The van der Waals surface area contributed by atoms with Crippen molar-refractivity contribution in [2.24, 2.45) is 5.10 Å². The fourth-order valence-corrected chi connectivity index (χ4v) is 0.993. The summed E-state index contributed by atoms with van der Waals surface area (Å²) in [5.74, 6) is 0. The summed E-state index contributed by atoms with van der Waals surface area (Å²) in [6.07, 6.45) is 5.41. The van der Waals surface area contributed by atoms with Gasteiger partial charge in [0.1, 0.15) is 0 Å². The first kappa shape index (κ1) is 9.78. The summed E-state index contributed by atoms with van der Waals surface area (Å²) in [5, 5.41) is 4.10. The number of nitrogens with zero attached hydrogens (tertiary/aromatic N) is 1. The van der Waals surface area contributed by atoms with Crippen molar-refractivity contribution in [1.82, 2.24) is 0 Å². The van der Waals surface area contributed by atoms with Crippen molar-refractivity contribution in [2.45, 2.75) is 26.2 Å². The minimum atomic E-state index is 1.04. The molecule has 13 heavy (non-hydrogen) atoms. The maximum atomic E-state index is 4.10. The first-order valence-electron chi connectivity index (χ1n) is 4.76. The third kappa shape index (κ3) is 4.31. The Morgan fingerprint density at radius 3 is 2.77 bits per heavy atom. The molecule has 0 aliphatic rings. The molecule has 0 saturated carbocycles. The molecular formula is C11H16N2. The van der Waals surface area contributed by atoms with Gasteiger partial charge >= 0.3 is 0 Å². The van der Waals surface area contributed by atoms with E-state index in [-0.39, 0.29) is 0 Å². The van der Waals surface area contributed by atoms with Crippen LogP contribution in [0.5, 0.6) is 0 Å². The van der Waals surface area contributed by atoms with E-state index >= 15 is 0 Å². The van der Waals surface area contributed by atoms with Gasteiger partial charge in [0.15, 0.2) is 0 Å². The van der Waals surface area contributed by atoms with E-state index < -0.39 is 0 Å². The lowest BCUT2D eigenvalue weighted by Crippen LogP contribution is -1.88. The van der Waals surface area contributed by atoms with Gasteiger partial charge in [0.2, 0.25) is 0 Å². The van der Waals surface area contributed by atoms with E-state index in [1.807, 2.05) is 36.5 Å². The van der Waals surface area contributed by atoms with Gasteiger partial charge in [-0.25, -0.2) is 0 Å². The molecule has 0 spiro atoms. The molecule has 0 bridgehead atoms. The highest BCUT2D eigenvalue weighted by molar-refractivity contribution is 5.59. The van der Waals surface area contributed by atoms with Crippen LogP contribution in [0, 0.1) is 0 Å². The van der Waals surface area contributed by atoms with Crippen LogP contribution >= 0.6 is 0 Å². The molecule has 0 saturated heterocycles. The Bertz CT molecular complexity index is 242. The van der Waals surface area contributed by atoms with Gasteiger partial charge in [0, 0.05) is 6.21 Å². The highest BCUT2D eigenvalue weighted by Crippen LogP contribution is 2.03. The third-order valence-corrected chi connectivity index (χ3v) is 1.75. The lowest BCUT2D eigenvalue weighted by atomic mass is 10.3. The first-order valence-corrected chi connectivity index (χ1v) is 4.76. The van der Waals surface area contributed by atoms with Gasteiger partial charge in [0.25, 0.3) is 0 Å². The Morgan fingerprint density at radius 1 is 1.31 bits per heavy atom. The smallest absolute Gasteiger partial charge is 0.0561 e. The van der Waals surface area contributed by atoms with Gasteiger partial charge in [-0.2, -0.15) is 5.10 Å². The van der Waals surface area contributed by atoms with E-state index in [0.29, 0.717) is 0 Å². The molecule has 0 atom stereocenters. The van der Waals surface area contributed by atoms with Crippen molar-refractivity contribution in [3.05, 3.63) is 30.3 Å². The molecule has 0 radical (unpaired) electrons. The quantitative estimate of drug-likeness (QED) is 0.415. The topological polar surface area (TPSA) is 24.4 Å². The van der Waals surface area contributed by atoms with Gasteiger partial charge in [-0.3, -0.25) is 5.43 Å². The molecule has 0 heterocycles. The van der Waals surface area contributed by atoms with E-state index in [1.54, 1.807) is 0 Å². The maximum Gasteiger partial charge on any atom is 0.0561 e. The summed E-state index contributed by atoms with van der Waals surface area (Å²) in [5.41, 5.74) is 4.01. The Labute approximate surface area is 79.7 Å². The number of anilines is 1. The van der Waals surface area contributed by atoms with E-state index in [0.717, 1.165) is 12.1 Å². The number of benzene rings is 1. The molecule has 0 fully saturated rings. The van der Waals surface area contributed by atoms with Gasteiger partial charge in [-0.1, -0.05) is 31.5 Å². The van der Waals surface area contributed by atoms with E-state index in [9.17, 15) is 0 Å². The molecule has 0 amide bonds. The summed E-state index contributed by atoms with van der Waals surface area (Å²) >= 11 is 0. The monoisotopic (exact) mass is 176 g/mol. The summed E-state index contributed by atoms with van der Waals surface area (Å²) in [7, 11) is 0. The average Bonchev–Trinajstić information content (AvgIpc) is 2.19. The van der Waals surface area contributed by atoms with Crippen molar-refractivity contribution in [3.63, 3.8) is 0 Å². The molecule has 1 aromatic rings. The summed E-state index contributed by atoms with van der Waals surface area (Å²) in [6.45, 7) is 2.18. The van der Waals surface area contributed by atoms with Crippen molar-refractivity contribution < 1.29 is 0 Å². The number of hydrazone groups is 1. The van der Waals surface area contributed by atoms with Gasteiger partial charge in [-0.15, -0.1) is 0 Å². The van der Waals surface area contributed by atoms with Crippen LogP contribution in [-0.2, 0) is 0 Å². The van der Waals surface area contributed by atoms with Gasteiger partial charge in [0.05, 0.1) is 5.69 Å². The molecule has 2 nitrogen and oxygen atoms in total. The number of hydrogen-bond acceptors (Lipinski definition) is 2. The fraction of sp³-hybridized carbons (Fsp3) is 0.364. The largest absolute Gasteiger partial charge is 0.279 e. The lowest BCUT2D eigenvalue weighted by molar-refractivity contribution is 0.842. The number of nitrogens with one attached hydrogen (secondary N) is 1. The second-order valence-corrected chi connectivity index (χ2v) is 2.93. The van der Waals surface area contributed by atoms with E-state index in [4.69, 9.17) is 0 Å². The van der Waals surface area contributed by atoms with Crippen LogP contribution in [0.2, 0.25) is 0 Å². The highest BCUT2D eigenvalue weighted by atomic mass is 15.3. The van der Waals surface area contributed by atoms with Crippen molar-refractivity contribution in [3.8, 4) is 0 Å². The number of hydrogen-bond donors (Lipinski definition) is 1. The predicted octanol–water partition coefficient (Wildman–Crippen LogP) is 3.27. The molecule has 0 aliphatic carbocycles. The Morgan fingerprint density at radius 2 is 2.08 bits per heavy atom. The van der Waals surface area contributed by atoms with Gasteiger partial charge < -0.3 is 0 Å². The molecule has 1 rings (SSSR count). The standard InChI is InChI=1S/C11H16N2/c1-2-3-7-10-12-13-11-8-5-4-6-9-11/h4-6,8-10,13H,2-3,7H2,1H3/b12-10+. The summed E-state index contributed by atoms with van der Waals surface area (Å²) in [4.78, 5) is 0. The fourth-order valence-electron chi connectivity index (χ4n) is 0.993. The molecule has 1 N–H and O–H groups in total. The zero-order chi connectivity index (χ0) is 9.36. The Hall–Kier alpha value is -1.31. The van der Waals surface area contributed by atoms with Crippen LogP contribution in [-0.4, -0.2) is 6.21 Å². The van der Waals surface area contributed by atoms with E-state index in [2.05, 4.69) is 17.5 Å². The minimum Gasteiger partial charge on any atom is -0.279 e. The molecular weight excluding hydrogens is 160 g/mol. The van der Waals surface area contributed by atoms with Crippen LogP contribution < -0.4 is 5.43 Å². The molecule has 1 aromatic carbocycles. The molecule has 0 unspecified atom stereocenters. The zero-order valence-corrected chi connectivity index (χ0v) is 8.03. The average molecular weight is 176 g/mol. The van der Waals surface area contributed by atoms with E-state index in [1.165, 1.54) is 12.8 Å². The SMILES string of the molecule is CCCC/C=N/Nc1ccccc1. The molecule has 0 aliphatic heterocycles. The van der Waals surface area contributed by atoms with Crippen LogP contribution in [0.4, 0.5) is 5.69 Å². The number of para-hydroxylation sites is 1. The van der Waals surface area contributed by atoms with Gasteiger partial charge in [-0.05, 0) is 25.0 Å². The molecule has 70 valence electrons. The minimum absolute atomic E-state index is 1.04. The Kier molecular flexibility index (Phi) is 4.69. The highest BCUT2D eigenvalue weighted by Gasteiger charge is 1.83. The third-order valence-electron chi connectivity index (χ3n) is 1.75. The van der Waals surface area contributed by atoms with Crippen LogP contribution in [0.25, 0.3) is 0 Å². The van der Waals surface area contributed by atoms with Crippen molar-refractivity contribution in [2.75, 3.05) is 5.43 Å². The van der Waals surface area contributed by atoms with Crippen LogP contribution in [0.15, 0.2) is 35.4 Å². The van der Waals surface area contributed by atoms with Crippen LogP contribution in [0.3, 0.4) is 0 Å². The second-order valence-electron chi connectivity index (χ2n) is 2.93. The predicted molar refractivity (Wildman–Crippen MR) is 58.1 cm³/mol. The Balaban J connectivity index is 2.23. The number of rotatable bonds is 5. The summed E-state index contributed by atoms with van der Waals surface area (Å²) in [6, 6.07) is 9.97. The molecule has 0 aromatic heterocycles. The summed E-state index contributed by atoms with van der Waals surface area (Å²) < 4.78 is 0. The zero-order valence-electron chi connectivity index (χ0n) is 8.03.